The lowest BCUT2D eigenvalue weighted by atomic mass is 10.0. The van der Waals surface area contributed by atoms with Crippen LogP contribution < -0.4 is 0 Å². The van der Waals surface area contributed by atoms with Crippen molar-refractivity contribution in [1.82, 2.24) is 4.98 Å². The summed E-state index contributed by atoms with van der Waals surface area (Å²) < 4.78 is 0. The molecule has 0 atom stereocenters. The molecular weight excluding hydrogens is 226 g/mol. The van der Waals surface area contributed by atoms with Gasteiger partial charge >= 0.3 is 5.97 Å². The van der Waals surface area contributed by atoms with Gasteiger partial charge in [-0.05, 0) is 18.1 Å². The van der Waals surface area contributed by atoms with Crippen molar-refractivity contribution >= 4 is 28.5 Å². The van der Waals surface area contributed by atoms with Crippen LogP contribution in [0.5, 0.6) is 0 Å². The molecule has 1 N–H and O–H groups in total. The lowest BCUT2D eigenvalue weighted by molar-refractivity contribution is 0.0699. The maximum absolute atomic E-state index is 11.1. The highest BCUT2D eigenvalue weighted by Gasteiger charge is 2.12. The van der Waals surface area contributed by atoms with E-state index in [0.29, 0.717) is 10.9 Å². The van der Waals surface area contributed by atoms with Crippen LogP contribution in [-0.2, 0) is 6.42 Å². The van der Waals surface area contributed by atoms with E-state index in [0.717, 1.165) is 12.0 Å². The molecule has 0 saturated heterocycles. The lowest BCUT2D eigenvalue weighted by Gasteiger charge is -2.06. The average Bonchev–Trinajstić information content (AvgIpc) is 2.27. The molecule has 0 fully saturated rings. The highest BCUT2D eigenvalue weighted by Crippen LogP contribution is 2.24. The third-order valence-corrected chi connectivity index (χ3v) is 2.70. The van der Waals surface area contributed by atoms with Gasteiger partial charge in [-0.25, -0.2) is 9.78 Å². The van der Waals surface area contributed by atoms with E-state index in [-0.39, 0.29) is 10.7 Å². The fourth-order valence-corrected chi connectivity index (χ4v) is 1.93. The van der Waals surface area contributed by atoms with Crippen molar-refractivity contribution in [3.8, 4) is 0 Å². The molecule has 2 rings (SSSR count). The van der Waals surface area contributed by atoms with Crippen LogP contribution in [0, 0.1) is 0 Å². The summed E-state index contributed by atoms with van der Waals surface area (Å²) in [4.78, 5) is 15.3. The Morgan fingerprint density at radius 2 is 2.25 bits per heavy atom. The number of aryl methyl sites for hydroxylation is 1. The van der Waals surface area contributed by atoms with E-state index < -0.39 is 5.97 Å². The number of pyridine rings is 1. The number of aromatic carboxylic acids is 1. The summed E-state index contributed by atoms with van der Waals surface area (Å²) in [7, 11) is 0. The maximum Gasteiger partial charge on any atom is 0.336 e. The number of aromatic nitrogens is 1. The standard InChI is InChI=1S/C12H10ClNO2/c1-2-7-4-3-5-8-9(12(15)16)6-10(13)14-11(7)8/h3-6H,2H2,1H3,(H,15,16). The van der Waals surface area contributed by atoms with Crippen LogP contribution in [0.15, 0.2) is 24.3 Å². The van der Waals surface area contributed by atoms with E-state index in [4.69, 9.17) is 16.7 Å². The van der Waals surface area contributed by atoms with Crippen LogP contribution >= 0.6 is 11.6 Å². The Hall–Kier alpha value is -1.61. The number of carboxylic acids is 1. The summed E-state index contributed by atoms with van der Waals surface area (Å²) >= 11 is 5.82. The number of carbonyl (C=O) groups is 1. The van der Waals surface area contributed by atoms with Crippen LogP contribution in [-0.4, -0.2) is 16.1 Å². The predicted molar refractivity (Wildman–Crippen MR) is 63.1 cm³/mol. The number of fused-ring (bicyclic) bond motifs is 1. The molecule has 0 saturated carbocycles. The van der Waals surface area contributed by atoms with Gasteiger partial charge in [-0.15, -0.1) is 0 Å². The van der Waals surface area contributed by atoms with Crippen LogP contribution in [0.25, 0.3) is 10.9 Å². The van der Waals surface area contributed by atoms with Gasteiger partial charge in [-0.2, -0.15) is 0 Å². The topological polar surface area (TPSA) is 50.2 Å². The normalized spacial score (nSPS) is 10.6. The molecule has 4 heteroatoms. The zero-order chi connectivity index (χ0) is 11.7. The van der Waals surface area contributed by atoms with E-state index in [2.05, 4.69) is 4.98 Å². The van der Waals surface area contributed by atoms with Crippen molar-refractivity contribution in [3.63, 3.8) is 0 Å². The van der Waals surface area contributed by atoms with Crippen molar-refractivity contribution < 1.29 is 9.90 Å². The number of hydrogen-bond acceptors (Lipinski definition) is 2. The van der Waals surface area contributed by atoms with Gasteiger partial charge in [0.15, 0.2) is 0 Å². The third-order valence-electron chi connectivity index (χ3n) is 2.50. The first kappa shape index (κ1) is 10.9. The molecule has 0 aliphatic rings. The van der Waals surface area contributed by atoms with Crippen molar-refractivity contribution in [3.05, 3.63) is 40.5 Å². The minimum atomic E-state index is -0.984. The van der Waals surface area contributed by atoms with Crippen LogP contribution in [0.2, 0.25) is 5.15 Å². The summed E-state index contributed by atoms with van der Waals surface area (Å²) in [5.74, 6) is -0.984. The van der Waals surface area contributed by atoms with Crippen molar-refractivity contribution in [2.45, 2.75) is 13.3 Å². The van der Waals surface area contributed by atoms with Crippen LogP contribution in [0.3, 0.4) is 0 Å². The zero-order valence-electron chi connectivity index (χ0n) is 8.70. The molecule has 82 valence electrons. The number of para-hydroxylation sites is 1. The van der Waals surface area contributed by atoms with Crippen LogP contribution in [0.4, 0.5) is 0 Å². The molecule has 1 heterocycles. The summed E-state index contributed by atoms with van der Waals surface area (Å²) in [6, 6.07) is 6.90. The molecule has 0 amide bonds. The first-order chi connectivity index (χ1) is 7.63. The second kappa shape index (κ2) is 4.10. The third kappa shape index (κ3) is 1.74. The Labute approximate surface area is 97.7 Å². The number of nitrogens with zero attached hydrogens (tertiary/aromatic N) is 1. The van der Waals surface area contributed by atoms with Crippen molar-refractivity contribution in [2.24, 2.45) is 0 Å². The van der Waals surface area contributed by atoms with E-state index in [1.807, 2.05) is 19.1 Å². The number of carboxylic acid groups (broad SMARTS) is 1. The Balaban J connectivity index is 2.88. The Bertz CT molecular complexity index is 566. The summed E-state index contributed by atoms with van der Waals surface area (Å²) in [5.41, 5.74) is 1.88. The van der Waals surface area contributed by atoms with Gasteiger partial charge in [0.2, 0.25) is 0 Å². The quantitative estimate of drug-likeness (QED) is 0.814. The molecule has 0 aliphatic carbocycles. The average molecular weight is 236 g/mol. The van der Waals surface area contributed by atoms with Gasteiger partial charge in [0.05, 0.1) is 11.1 Å². The SMILES string of the molecule is CCc1cccc2c(C(=O)O)cc(Cl)nc12. The molecule has 0 bridgehead atoms. The highest BCUT2D eigenvalue weighted by molar-refractivity contribution is 6.30. The fraction of sp³-hybridized carbons (Fsp3) is 0.167. The molecule has 1 aromatic carbocycles. The first-order valence-electron chi connectivity index (χ1n) is 4.95. The van der Waals surface area contributed by atoms with Crippen LogP contribution in [0.1, 0.15) is 22.8 Å². The van der Waals surface area contributed by atoms with Gasteiger partial charge in [0, 0.05) is 5.39 Å². The first-order valence-corrected chi connectivity index (χ1v) is 5.32. The van der Waals surface area contributed by atoms with E-state index in [1.165, 1.54) is 6.07 Å². The molecule has 1 aromatic heterocycles. The van der Waals surface area contributed by atoms with E-state index >= 15 is 0 Å². The van der Waals surface area contributed by atoms with Crippen molar-refractivity contribution in [2.75, 3.05) is 0 Å². The molecule has 16 heavy (non-hydrogen) atoms. The molecule has 2 aromatic rings. The molecule has 0 radical (unpaired) electrons. The largest absolute Gasteiger partial charge is 0.478 e. The van der Waals surface area contributed by atoms with Gasteiger partial charge < -0.3 is 5.11 Å². The maximum atomic E-state index is 11.1. The Morgan fingerprint density at radius 1 is 1.50 bits per heavy atom. The lowest BCUT2D eigenvalue weighted by Crippen LogP contribution is -2.00. The monoisotopic (exact) mass is 235 g/mol. The minimum Gasteiger partial charge on any atom is -0.478 e. The number of benzene rings is 1. The molecule has 0 aliphatic heterocycles. The van der Waals surface area contributed by atoms with Gasteiger partial charge in [-0.3, -0.25) is 0 Å². The van der Waals surface area contributed by atoms with Gasteiger partial charge in [0.1, 0.15) is 5.15 Å². The predicted octanol–water partition coefficient (Wildman–Crippen LogP) is 3.15. The number of hydrogen-bond donors (Lipinski definition) is 1. The molecule has 0 unspecified atom stereocenters. The molecule has 0 spiro atoms. The Kier molecular flexibility index (Phi) is 2.79. The Morgan fingerprint density at radius 3 is 2.88 bits per heavy atom. The van der Waals surface area contributed by atoms with Crippen molar-refractivity contribution in [1.29, 1.82) is 0 Å². The summed E-state index contributed by atoms with van der Waals surface area (Å²) in [6.45, 7) is 2.00. The highest BCUT2D eigenvalue weighted by atomic mass is 35.5. The van der Waals surface area contributed by atoms with Gasteiger partial charge in [0.25, 0.3) is 0 Å². The fourth-order valence-electron chi connectivity index (χ4n) is 1.74. The number of halogens is 1. The molecule has 3 nitrogen and oxygen atoms in total. The molecular formula is C12H10ClNO2. The summed E-state index contributed by atoms with van der Waals surface area (Å²) in [6.07, 6.45) is 0.795. The minimum absolute atomic E-state index is 0.199. The zero-order valence-corrected chi connectivity index (χ0v) is 9.45. The smallest absolute Gasteiger partial charge is 0.336 e. The van der Waals surface area contributed by atoms with E-state index in [1.54, 1.807) is 6.07 Å². The second-order valence-electron chi connectivity index (χ2n) is 3.46. The summed E-state index contributed by atoms with van der Waals surface area (Å²) in [5, 5.41) is 9.93. The second-order valence-corrected chi connectivity index (χ2v) is 3.85. The number of rotatable bonds is 2. The van der Waals surface area contributed by atoms with Gasteiger partial charge in [-0.1, -0.05) is 36.7 Å². The van der Waals surface area contributed by atoms with E-state index in [9.17, 15) is 4.79 Å².